The van der Waals surface area contributed by atoms with Crippen molar-refractivity contribution >= 4 is 74.3 Å². The third-order valence-electron chi connectivity index (χ3n) is 12.1. The van der Waals surface area contributed by atoms with Crippen LogP contribution >= 0.6 is 0 Å². The topological polar surface area (TPSA) is 9.72 Å². The highest BCUT2D eigenvalue weighted by Crippen LogP contribution is 2.50. The summed E-state index contributed by atoms with van der Waals surface area (Å²) in [7, 11) is 0. The van der Waals surface area contributed by atoms with Crippen LogP contribution < -0.4 is 31.1 Å². The van der Waals surface area contributed by atoms with Crippen molar-refractivity contribution in [1.29, 1.82) is 0 Å². The van der Waals surface area contributed by atoms with Gasteiger partial charge in [0.05, 0.1) is 5.69 Å². The molecule has 7 aromatic rings. The van der Waals surface area contributed by atoms with Crippen LogP contribution in [0.3, 0.4) is 0 Å². The van der Waals surface area contributed by atoms with E-state index in [2.05, 4.69) is 230 Å². The zero-order valence-electron chi connectivity index (χ0n) is 35.8. The van der Waals surface area contributed by atoms with Crippen molar-refractivity contribution in [1.82, 2.24) is 0 Å². The molecular weight excluding hydrogens is 701 g/mol. The molecule has 0 bridgehead atoms. The normalized spacial score (nSPS) is 13.2. The van der Waals surface area contributed by atoms with E-state index in [0.29, 0.717) is 0 Å². The second kappa shape index (κ2) is 13.8. The molecule has 0 aromatic heterocycles. The minimum absolute atomic E-state index is 0.0459. The molecule has 0 fully saturated rings. The molecule has 4 heteroatoms. The molecule has 288 valence electrons. The molecule has 0 amide bonds. The minimum atomic E-state index is -0.104. The molecule has 0 N–H and O–H groups in total. The summed E-state index contributed by atoms with van der Waals surface area (Å²) in [5.41, 5.74) is 22.1. The fourth-order valence-corrected chi connectivity index (χ4v) is 9.43. The van der Waals surface area contributed by atoms with Crippen molar-refractivity contribution in [3.63, 3.8) is 0 Å². The molecule has 2 heterocycles. The van der Waals surface area contributed by atoms with Gasteiger partial charge < -0.3 is 14.7 Å². The van der Waals surface area contributed by atoms with Gasteiger partial charge in [0.25, 0.3) is 6.71 Å². The molecule has 7 aromatic carbocycles. The van der Waals surface area contributed by atoms with Crippen molar-refractivity contribution in [2.24, 2.45) is 0 Å². The molecule has 0 radical (unpaired) electrons. The van der Waals surface area contributed by atoms with Crippen molar-refractivity contribution < 1.29 is 0 Å². The van der Waals surface area contributed by atoms with Crippen molar-refractivity contribution in [3.8, 4) is 0 Å². The van der Waals surface area contributed by atoms with Gasteiger partial charge in [0.15, 0.2) is 0 Å². The Balaban J connectivity index is 1.47. The van der Waals surface area contributed by atoms with Gasteiger partial charge in [-0.2, -0.15) is 0 Å². The summed E-state index contributed by atoms with van der Waals surface area (Å²) in [4.78, 5) is 7.66. The summed E-state index contributed by atoms with van der Waals surface area (Å²) in [6, 6.07) is 55.2. The van der Waals surface area contributed by atoms with Crippen LogP contribution in [-0.2, 0) is 10.8 Å². The van der Waals surface area contributed by atoms with Crippen LogP contribution in [0.25, 0.3) is 0 Å². The molecule has 0 unspecified atom stereocenters. The van der Waals surface area contributed by atoms with Gasteiger partial charge in [0.2, 0.25) is 0 Å². The highest BCUT2D eigenvalue weighted by Gasteiger charge is 2.44. The summed E-state index contributed by atoms with van der Waals surface area (Å²) in [6.07, 6.45) is 0. The second-order valence-electron chi connectivity index (χ2n) is 18.7. The molecule has 2 aliphatic rings. The Morgan fingerprint density at radius 2 is 0.828 bits per heavy atom. The van der Waals surface area contributed by atoms with E-state index in [-0.39, 0.29) is 17.5 Å². The summed E-state index contributed by atoms with van der Waals surface area (Å²) in [5, 5.41) is 0. The van der Waals surface area contributed by atoms with E-state index < -0.39 is 0 Å². The van der Waals surface area contributed by atoms with Gasteiger partial charge in [-0.15, -0.1) is 0 Å². The standard InChI is InChI=1S/C54H54BN3/c1-35-17-15-19-39(29-35)56-48-31-37(3)25-27-44(48)55-45-28-26-38(4)32-49(45)57(40-20-16-18-36(2)30-40)51-34-41(33-50(56)52(51)55)58(46-23-13-11-21-42(46)53(5,6)7)47-24-14-12-22-43(47)54(8,9)10/h11-34H,1-10H3. The number of benzene rings is 7. The maximum absolute atomic E-state index is 2.56. The number of hydrogen-bond acceptors (Lipinski definition) is 3. The zero-order chi connectivity index (χ0) is 40.7. The van der Waals surface area contributed by atoms with E-state index in [1.165, 1.54) is 83.9 Å². The van der Waals surface area contributed by atoms with Gasteiger partial charge in [0.1, 0.15) is 0 Å². The number of anilines is 9. The summed E-state index contributed by atoms with van der Waals surface area (Å²) in [6.45, 7) is 22.9. The van der Waals surface area contributed by atoms with Gasteiger partial charge >= 0.3 is 0 Å². The van der Waals surface area contributed by atoms with E-state index in [0.717, 1.165) is 17.1 Å². The van der Waals surface area contributed by atoms with Gasteiger partial charge in [-0.05, 0) is 149 Å². The molecule has 0 atom stereocenters. The van der Waals surface area contributed by atoms with E-state index in [1.807, 2.05) is 0 Å². The molecule has 2 aliphatic heterocycles. The number of nitrogens with zero attached hydrogens (tertiary/aromatic N) is 3. The van der Waals surface area contributed by atoms with E-state index in [9.17, 15) is 0 Å². The third-order valence-corrected chi connectivity index (χ3v) is 12.1. The summed E-state index contributed by atoms with van der Waals surface area (Å²) in [5.74, 6) is 0. The highest BCUT2D eigenvalue weighted by molar-refractivity contribution is 7.00. The van der Waals surface area contributed by atoms with Crippen LogP contribution in [0, 0.1) is 27.7 Å². The molecule has 0 saturated carbocycles. The quantitative estimate of drug-likeness (QED) is 0.162. The monoisotopic (exact) mass is 755 g/mol. The first-order chi connectivity index (χ1) is 27.7. The van der Waals surface area contributed by atoms with Crippen LogP contribution in [-0.4, -0.2) is 6.71 Å². The molecule has 9 rings (SSSR count). The lowest BCUT2D eigenvalue weighted by molar-refractivity contribution is 0.587. The average molecular weight is 756 g/mol. The largest absolute Gasteiger partial charge is 0.311 e. The Bertz CT molecular complexity index is 2550. The van der Waals surface area contributed by atoms with Crippen LogP contribution in [0.5, 0.6) is 0 Å². The van der Waals surface area contributed by atoms with Crippen molar-refractivity contribution in [3.05, 3.63) is 179 Å². The van der Waals surface area contributed by atoms with Crippen molar-refractivity contribution in [2.75, 3.05) is 14.7 Å². The Morgan fingerprint density at radius 3 is 1.24 bits per heavy atom. The minimum Gasteiger partial charge on any atom is -0.311 e. The van der Waals surface area contributed by atoms with Crippen LogP contribution in [0.15, 0.2) is 146 Å². The molecular formula is C54H54BN3. The Morgan fingerprint density at radius 1 is 0.414 bits per heavy atom. The van der Waals surface area contributed by atoms with Crippen LogP contribution in [0.4, 0.5) is 51.2 Å². The number of rotatable bonds is 5. The maximum atomic E-state index is 2.56. The highest BCUT2D eigenvalue weighted by atomic mass is 15.2. The van der Waals surface area contributed by atoms with Crippen molar-refractivity contribution in [2.45, 2.75) is 80.1 Å². The fraction of sp³-hybridized carbons (Fsp3) is 0.222. The maximum Gasteiger partial charge on any atom is 0.252 e. The summed E-state index contributed by atoms with van der Waals surface area (Å²) >= 11 is 0. The molecule has 0 saturated heterocycles. The number of para-hydroxylation sites is 2. The Labute approximate surface area is 346 Å². The van der Waals surface area contributed by atoms with Crippen LogP contribution in [0.2, 0.25) is 0 Å². The lowest BCUT2D eigenvalue weighted by Gasteiger charge is -2.45. The lowest BCUT2D eigenvalue weighted by atomic mass is 9.33. The van der Waals surface area contributed by atoms with Gasteiger partial charge in [-0.25, -0.2) is 0 Å². The number of hydrogen-bond donors (Lipinski definition) is 0. The Hall–Kier alpha value is -6.00. The predicted octanol–water partition coefficient (Wildman–Crippen LogP) is 13.1. The lowest BCUT2D eigenvalue weighted by Crippen LogP contribution is -2.61. The summed E-state index contributed by atoms with van der Waals surface area (Å²) < 4.78 is 0. The molecule has 58 heavy (non-hydrogen) atoms. The number of fused-ring (bicyclic) bond motifs is 4. The smallest absolute Gasteiger partial charge is 0.252 e. The average Bonchev–Trinajstić information content (AvgIpc) is 3.17. The predicted molar refractivity (Wildman–Crippen MR) is 251 cm³/mol. The second-order valence-corrected chi connectivity index (χ2v) is 18.7. The SMILES string of the molecule is Cc1cccc(N2c3cc(C)ccc3B3c4ccc(C)cc4N(c4cccc(C)c4)c4cc(N(c5ccccc5C(C)(C)C)c5ccccc5C(C)(C)C)cc2c43)c1. The van der Waals surface area contributed by atoms with Gasteiger partial charge in [0, 0.05) is 45.5 Å². The third kappa shape index (κ3) is 6.31. The van der Waals surface area contributed by atoms with E-state index in [4.69, 9.17) is 0 Å². The fourth-order valence-electron chi connectivity index (χ4n) is 9.43. The van der Waals surface area contributed by atoms with E-state index >= 15 is 0 Å². The first-order valence-electron chi connectivity index (χ1n) is 20.8. The molecule has 0 aliphatic carbocycles. The molecule has 0 spiro atoms. The zero-order valence-corrected chi connectivity index (χ0v) is 35.8. The first-order valence-corrected chi connectivity index (χ1v) is 20.8. The number of aryl methyl sites for hydroxylation is 4. The van der Waals surface area contributed by atoms with Gasteiger partial charge in [-0.3, -0.25) is 0 Å². The van der Waals surface area contributed by atoms with Crippen LogP contribution in [0.1, 0.15) is 74.9 Å². The molecule has 3 nitrogen and oxygen atoms in total. The Kier molecular flexibility index (Phi) is 8.96. The first kappa shape index (κ1) is 37.6. The van der Waals surface area contributed by atoms with Gasteiger partial charge in [-0.1, -0.05) is 126 Å². The van der Waals surface area contributed by atoms with E-state index in [1.54, 1.807) is 0 Å².